The van der Waals surface area contributed by atoms with Crippen molar-refractivity contribution < 1.29 is 8.42 Å². The van der Waals surface area contributed by atoms with Crippen LogP contribution in [0.2, 0.25) is 5.02 Å². The summed E-state index contributed by atoms with van der Waals surface area (Å²) in [4.78, 5) is 27.0. The van der Waals surface area contributed by atoms with Gasteiger partial charge in [-0.05, 0) is 42.5 Å². The molecule has 0 aliphatic rings. The molecule has 10 nitrogen and oxygen atoms in total. The van der Waals surface area contributed by atoms with E-state index >= 15 is 0 Å². The molecule has 0 aliphatic carbocycles. The molecule has 0 unspecified atom stereocenters. The summed E-state index contributed by atoms with van der Waals surface area (Å²) >= 11 is 6.10. The highest BCUT2D eigenvalue weighted by molar-refractivity contribution is 7.92. The van der Waals surface area contributed by atoms with Crippen molar-refractivity contribution in [2.75, 3.05) is 16.3 Å². The van der Waals surface area contributed by atoms with E-state index in [4.69, 9.17) is 22.0 Å². The summed E-state index contributed by atoms with van der Waals surface area (Å²) in [5.41, 5.74) is 3.01. The molecule has 2 heterocycles. The summed E-state index contributed by atoms with van der Waals surface area (Å²) in [6, 6.07) is 20.6. The Kier molecular flexibility index (Phi) is 7.41. The van der Waals surface area contributed by atoms with Crippen molar-refractivity contribution in [3.63, 3.8) is 0 Å². The largest absolute Gasteiger partial charge is 0.339 e. The average molecular weight is 572 g/mol. The normalized spacial score (nSPS) is 11.2. The van der Waals surface area contributed by atoms with Crippen molar-refractivity contribution in [1.82, 2.24) is 19.5 Å². The van der Waals surface area contributed by atoms with Gasteiger partial charge in [0.15, 0.2) is 0 Å². The summed E-state index contributed by atoms with van der Waals surface area (Å²) in [6.45, 7) is 0. The third-order valence-corrected chi connectivity index (χ3v) is 6.64. The standard InChI is InChI=1S/C28H22ClN7O3S/c1-40(38,39)35-22-4-2-3-21(15-22)33-26-24(16-30)28(37)36(23-11-9-20(29)10-12-23)27(34-26)19-7-5-18(6-8-19)25-17-31-13-14-32-25/h2-17,30,33,35H,1H3. The van der Waals surface area contributed by atoms with Gasteiger partial charge in [0.05, 0.1) is 29.5 Å². The van der Waals surface area contributed by atoms with Gasteiger partial charge < -0.3 is 10.7 Å². The van der Waals surface area contributed by atoms with Gasteiger partial charge in [-0.2, -0.15) is 0 Å². The fraction of sp³-hybridized carbons (Fsp3) is 0.0357. The molecule has 0 aliphatic heterocycles. The molecule has 0 bridgehead atoms. The SMILES string of the molecule is CS(=O)(=O)Nc1cccc(Nc2nc(-c3ccc(-c4cnccn4)cc3)n(-c3ccc(Cl)cc3)c(=O)c2C=N)c1. The van der Waals surface area contributed by atoms with E-state index < -0.39 is 15.6 Å². The molecule has 5 rings (SSSR count). The minimum absolute atomic E-state index is 0.0105. The lowest BCUT2D eigenvalue weighted by Gasteiger charge is -2.17. The first-order chi connectivity index (χ1) is 19.2. The van der Waals surface area contributed by atoms with E-state index in [1.807, 2.05) is 24.3 Å². The first-order valence-electron chi connectivity index (χ1n) is 11.9. The van der Waals surface area contributed by atoms with E-state index in [2.05, 4.69) is 20.0 Å². The molecule has 3 aromatic carbocycles. The zero-order valence-electron chi connectivity index (χ0n) is 21.0. The fourth-order valence-electron chi connectivity index (χ4n) is 4.03. The van der Waals surface area contributed by atoms with E-state index in [1.54, 1.807) is 67.1 Å². The number of sulfonamides is 1. The molecule has 0 saturated carbocycles. The number of halogens is 1. The van der Waals surface area contributed by atoms with Crippen LogP contribution in [0.15, 0.2) is 96.2 Å². The van der Waals surface area contributed by atoms with E-state index in [9.17, 15) is 13.2 Å². The van der Waals surface area contributed by atoms with Crippen LogP contribution in [0, 0.1) is 5.41 Å². The van der Waals surface area contributed by atoms with Crippen LogP contribution in [0.1, 0.15) is 5.56 Å². The molecule has 0 spiro atoms. The quantitative estimate of drug-likeness (QED) is 0.219. The van der Waals surface area contributed by atoms with Gasteiger partial charge in [-0.3, -0.25) is 24.1 Å². The van der Waals surface area contributed by atoms with Gasteiger partial charge in [0, 0.05) is 40.4 Å². The van der Waals surface area contributed by atoms with Gasteiger partial charge in [0.25, 0.3) is 5.56 Å². The monoisotopic (exact) mass is 571 g/mol. The lowest BCUT2D eigenvalue weighted by Crippen LogP contribution is -2.26. The number of anilines is 3. The van der Waals surface area contributed by atoms with Crippen LogP contribution in [0.5, 0.6) is 0 Å². The highest BCUT2D eigenvalue weighted by Gasteiger charge is 2.19. The Morgan fingerprint density at radius 3 is 2.30 bits per heavy atom. The number of rotatable bonds is 8. The smallest absolute Gasteiger partial charge is 0.269 e. The van der Waals surface area contributed by atoms with Gasteiger partial charge in [0.1, 0.15) is 17.2 Å². The maximum Gasteiger partial charge on any atom is 0.269 e. The molecule has 0 fully saturated rings. The van der Waals surface area contributed by atoms with E-state index in [1.165, 1.54) is 4.57 Å². The first kappa shape index (κ1) is 26.7. The molecule has 0 amide bonds. The Bertz CT molecular complexity index is 1860. The fourth-order valence-corrected chi connectivity index (χ4v) is 4.71. The third kappa shape index (κ3) is 5.90. The van der Waals surface area contributed by atoms with Crippen molar-refractivity contribution in [2.45, 2.75) is 0 Å². The lowest BCUT2D eigenvalue weighted by atomic mass is 10.1. The zero-order chi connectivity index (χ0) is 28.3. The van der Waals surface area contributed by atoms with Crippen molar-refractivity contribution >= 4 is 45.0 Å². The average Bonchev–Trinajstić information content (AvgIpc) is 2.93. The summed E-state index contributed by atoms with van der Waals surface area (Å²) < 4.78 is 27.2. The third-order valence-electron chi connectivity index (χ3n) is 5.78. The molecule has 200 valence electrons. The van der Waals surface area contributed by atoms with E-state index in [-0.39, 0.29) is 11.4 Å². The Morgan fingerprint density at radius 2 is 1.65 bits per heavy atom. The predicted molar refractivity (Wildman–Crippen MR) is 157 cm³/mol. The van der Waals surface area contributed by atoms with Crippen LogP contribution in [0.4, 0.5) is 17.2 Å². The second-order valence-electron chi connectivity index (χ2n) is 8.71. The number of hydrogen-bond donors (Lipinski definition) is 3. The topological polar surface area (TPSA) is 143 Å². The highest BCUT2D eigenvalue weighted by atomic mass is 35.5. The van der Waals surface area contributed by atoms with Gasteiger partial charge in [-0.1, -0.05) is 41.9 Å². The molecule has 40 heavy (non-hydrogen) atoms. The Balaban J connectivity index is 1.65. The molecule has 5 aromatic rings. The summed E-state index contributed by atoms with van der Waals surface area (Å²) in [5.74, 6) is 0.450. The molecule has 3 N–H and O–H groups in total. The van der Waals surface area contributed by atoms with E-state index in [0.29, 0.717) is 39.2 Å². The second-order valence-corrected chi connectivity index (χ2v) is 10.9. The minimum atomic E-state index is -3.49. The number of nitrogens with zero attached hydrogens (tertiary/aromatic N) is 4. The summed E-state index contributed by atoms with van der Waals surface area (Å²) in [5, 5.41) is 11.6. The van der Waals surface area contributed by atoms with Crippen molar-refractivity contribution in [2.24, 2.45) is 0 Å². The van der Waals surface area contributed by atoms with Gasteiger partial charge in [0.2, 0.25) is 10.0 Å². The highest BCUT2D eigenvalue weighted by Crippen LogP contribution is 2.28. The van der Waals surface area contributed by atoms with Crippen LogP contribution in [-0.2, 0) is 10.0 Å². The Labute approximate surface area is 234 Å². The Hall–Kier alpha value is -4.87. The van der Waals surface area contributed by atoms with Crippen LogP contribution in [-0.4, -0.2) is 40.4 Å². The molecule has 0 saturated heterocycles. The van der Waals surface area contributed by atoms with Crippen molar-refractivity contribution in [3.8, 4) is 28.3 Å². The molecular weight excluding hydrogens is 550 g/mol. The number of aromatic nitrogens is 4. The van der Waals surface area contributed by atoms with Gasteiger partial charge >= 0.3 is 0 Å². The maximum absolute atomic E-state index is 13.8. The van der Waals surface area contributed by atoms with Gasteiger partial charge in [-0.25, -0.2) is 13.4 Å². The van der Waals surface area contributed by atoms with Crippen LogP contribution < -0.4 is 15.6 Å². The number of nitrogens with one attached hydrogen (secondary N) is 3. The molecular formula is C28H22ClN7O3S. The van der Waals surface area contributed by atoms with Crippen molar-refractivity contribution in [1.29, 1.82) is 5.41 Å². The lowest BCUT2D eigenvalue weighted by molar-refractivity contribution is 0.607. The number of hydrogen-bond acceptors (Lipinski definition) is 8. The minimum Gasteiger partial charge on any atom is -0.339 e. The van der Waals surface area contributed by atoms with Crippen LogP contribution in [0.25, 0.3) is 28.3 Å². The summed E-state index contributed by atoms with van der Waals surface area (Å²) in [6.07, 6.45) is 6.85. The maximum atomic E-state index is 13.8. The zero-order valence-corrected chi connectivity index (χ0v) is 22.6. The van der Waals surface area contributed by atoms with E-state index in [0.717, 1.165) is 18.0 Å². The molecule has 0 atom stereocenters. The molecule has 12 heteroatoms. The molecule has 2 aromatic heterocycles. The number of benzene rings is 3. The first-order valence-corrected chi connectivity index (χ1v) is 14.1. The van der Waals surface area contributed by atoms with Crippen LogP contribution >= 0.6 is 11.6 Å². The second kappa shape index (κ2) is 11.1. The van der Waals surface area contributed by atoms with Gasteiger partial charge in [-0.15, -0.1) is 0 Å². The van der Waals surface area contributed by atoms with Crippen molar-refractivity contribution in [3.05, 3.63) is 112 Å². The molecule has 0 radical (unpaired) electrons. The Morgan fingerprint density at radius 1 is 0.950 bits per heavy atom. The summed E-state index contributed by atoms with van der Waals surface area (Å²) in [7, 11) is -3.49. The predicted octanol–water partition coefficient (Wildman–Crippen LogP) is 5.12. The van der Waals surface area contributed by atoms with Crippen LogP contribution in [0.3, 0.4) is 0 Å².